The van der Waals surface area contributed by atoms with Gasteiger partial charge < -0.3 is 14.2 Å². The maximum absolute atomic E-state index is 15.0. The quantitative estimate of drug-likeness (QED) is 0.296. The predicted octanol–water partition coefficient (Wildman–Crippen LogP) is 8.03. The molecule has 0 radical (unpaired) electrons. The molecule has 0 unspecified atom stereocenters. The van der Waals surface area contributed by atoms with Gasteiger partial charge in [0.05, 0.1) is 13.2 Å². The second-order valence-corrected chi connectivity index (χ2v) is 9.55. The van der Waals surface area contributed by atoms with Crippen molar-refractivity contribution in [2.45, 2.75) is 38.1 Å². The van der Waals surface area contributed by atoms with Crippen molar-refractivity contribution in [2.75, 3.05) is 13.2 Å². The zero-order chi connectivity index (χ0) is 27.0. The summed E-state index contributed by atoms with van der Waals surface area (Å²) in [6.45, 7) is 0.967. The van der Waals surface area contributed by atoms with Crippen LogP contribution in [0.4, 0.5) is 30.7 Å². The summed E-state index contributed by atoms with van der Waals surface area (Å²) in [6.07, 6.45) is -0.707. The first-order chi connectivity index (χ1) is 18.1. The van der Waals surface area contributed by atoms with E-state index in [1.807, 2.05) is 0 Å². The van der Waals surface area contributed by atoms with Crippen LogP contribution in [0, 0.1) is 40.9 Å². The normalized spacial score (nSPS) is 20.6. The second kappa shape index (κ2) is 10.6. The van der Waals surface area contributed by atoms with E-state index in [2.05, 4.69) is 4.74 Å². The summed E-state index contributed by atoms with van der Waals surface area (Å²) in [7, 11) is 0. The van der Waals surface area contributed by atoms with E-state index < -0.39 is 52.8 Å². The molecule has 0 N–H and O–H groups in total. The third-order valence-electron chi connectivity index (χ3n) is 7.04. The highest BCUT2D eigenvalue weighted by molar-refractivity contribution is 5.65. The molecule has 3 nitrogen and oxygen atoms in total. The lowest BCUT2D eigenvalue weighted by Gasteiger charge is -2.32. The Morgan fingerprint density at radius 3 is 1.95 bits per heavy atom. The molecule has 0 atom stereocenters. The lowest BCUT2D eigenvalue weighted by molar-refractivity contribution is -0.212. The maximum Gasteiger partial charge on any atom is 0.432 e. The smallest absolute Gasteiger partial charge is 0.429 e. The van der Waals surface area contributed by atoms with E-state index >= 15 is 0 Å². The zero-order valence-corrected chi connectivity index (χ0v) is 20.0. The van der Waals surface area contributed by atoms with E-state index in [4.69, 9.17) is 9.47 Å². The Balaban J connectivity index is 1.33. The molecule has 1 heterocycles. The third kappa shape index (κ3) is 5.37. The number of hydrogen-bond donors (Lipinski definition) is 0. The van der Waals surface area contributed by atoms with Crippen molar-refractivity contribution in [3.05, 3.63) is 88.7 Å². The van der Waals surface area contributed by atoms with Gasteiger partial charge in [0.2, 0.25) is 0 Å². The Morgan fingerprint density at radius 2 is 1.34 bits per heavy atom. The molecule has 5 rings (SSSR count). The number of hydrogen-bond acceptors (Lipinski definition) is 3. The lowest BCUT2D eigenvalue weighted by Crippen LogP contribution is -2.31. The van der Waals surface area contributed by atoms with Gasteiger partial charge in [0.25, 0.3) is 0 Å². The molecule has 202 valence electrons. The van der Waals surface area contributed by atoms with Gasteiger partial charge in [-0.25, -0.2) is 22.0 Å². The Bertz CT molecular complexity index is 1290. The molecule has 3 aromatic rings. The van der Waals surface area contributed by atoms with Gasteiger partial charge in [0.15, 0.2) is 17.9 Å². The fourth-order valence-corrected chi connectivity index (χ4v) is 5.07. The first-order valence-electron chi connectivity index (χ1n) is 12.2. The second-order valence-electron chi connectivity index (χ2n) is 9.55. The molecule has 0 spiro atoms. The monoisotopic (exact) mass is 540 g/mol. The van der Waals surface area contributed by atoms with E-state index in [1.165, 1.54) is 25.0 Å². The van der Waals surface area contributed by atoms with Crippen molar-refractivity contribution in [2.24, 2.45) is 11.8 Å². The first kappa shape index (κ1) is 26.5. The van der Waals surface area contributed by atoms with Crippen LogP contribution in [0.15, 0.2) is 48.5 Å². The molecule has 2 aliphatic rings. The first-order valence-corrected chi connectivity index (χ1v) is 12.2. The Labute approximate surface area is 214 Å². The highest BCUT2D eigenvalue weighted by Crippen LogP contribution is 2.39. The molecular formula is C28H23F7O3. The highest BCUT2D eigenvalue weighted by atomic mass is 19.3. The van der Waals surface area contributed by atoms with Crippen molar-refractivity contribution in [1.82, 2.24) is 0 Å². The van der Waals surface area contributed by atoms with Gasteiger partial charge in [-0.2, -0.15) is 8.78 Å². The average Bonchev–Trinajstić information content (AvgIpc) is 3.40. The molecule has 0 amide bonds. The molecule has 1 saturated carbocycles. The van der Waals surface area contributed by atoms with E-state index in [0.717, 1.165) is 18.9 Å². The summed E-state index contributed by atoms with van der Waals surface area (Å²) >= 11 is 0. The maximum atomic E-state index is 15.0. The van der Waals surface area contributed by atoms with Crippen molar-refractivity contribution in [1.29, 1.82) is 0 Å². The highest BCUT2D eigenvalue weighted by Gasteiger charge is 2.41. The van der Waals surface area contributed by atoms with E-state index in [1.54, 1.807) is 0 Å². The van der Waals surface area contributed by atoms with Crippen LogP contribution in [-0.4, -0.2) is 13.2 Å². The molecule has 3 aromatic carbocycles. The number of halogens is 7. The van der Waals surface area contributed by atoms with Crippen LogP contribution in [-0.2, 0) is 15.6 Å². The van der Waals surface area contributed by atoms with Crippen LogP contribution in [0.25, 0.3) is 11.1 Å². The Kier molecular flexibility index (Phi) is 7.37. The molecule has 1 aliphatic carbocycles. The molecule has 10 heteroatoms. The lowest BCUT2D eigenvalue weighted by atomic mass is 9.91. The topological polar surface area (TPSA) is 27.7 Å². The van der Waals surface area contributed by atoms with E-state index in [-0.39, 0.29) is 17.0 Å². The molecule has 1 aliphatic heterocycles. The molecule has 0 aromatic heterocycles. The van der Waals surface area contributed by atoms with E-state index in [9.17, 15) is 30.7 Å². The van der Waals surface area contributed by atoms with Crippen LogP contribution in [0.2, 0.25) is 0 Å². The van der Waals surface area contributed by atoms with Crippen LogP contribution in [0.1, 0.15) is 43.1 Å². The van der Waals surface area contributed by atoms with Crippen molar-refractivity contribution in [3.63, 3.8) is 0 Å². The van der Waals surface area contributed by atoms with Gasteiger partial charge >= 0.3 is 6.11 Å². The molecule has 0 bridgehead atoms. The minimum absolute atomic E-state index is 0.234. The average molecular weight is 540 g/mol. The number of ether oxygens (including phenoxy) is 3. The van der Waals surface area contributed by atoms with Crippen molar-refractivity contribution < 1.29 is 44.9 Å². The van der Waals surface area contributed by atoms with Crippen molar-refractivity contribution in [3.8, 4) is 16.9 Å². The van der Waals surface area contributed by atoms with Crippen LogP contribution in [0.5, 0.6) is 5.75 Å². The summed E-state index contributed by atoms with van der Waals surface area (Å²) in [5.74, 6) is -7.09. The van der Waals surface area contributed by atoms with Gasteiger partial charge in [0, 0.05) is 23.1 Å². The number of alkyl halides is 2. The van der Waals surface area contributed by atoms with Crippen LogP contribution < -0.4 is 4.74 Å². The van der Waals surface area contributed by atoms with Gasteiger partial charge in [-0.15, -0.1) is 0 Å². The third-order valence-corrected chi connectivity index (χ3v) is 7.04. The van der Waals surface area contributed by atoms with Gasteiger partial charge in [-0.1, -0.05) is 37.8 Å². The number of rotatable bonds is 6. The van der Waals surface area contributed by atoms with Crippen LogP contribution >= 0.6 is 0 Å². The molecule has 2 fully saturated rings. The van der Waals surface area contributed by atoms with Crippen LogP contribution in [0.3, 0.4) is 0 Å². The largest absolute Gasteiger partial charge is 0.432 e. The van der Waals surface area contributed by atoms with Gasteiger partial charge in [0.1, 0.15) is 28.8 Å². The standard InChI is InChI=1S/C28H23F7O3/c29-21-8-6-19(12-23(21)31)38-28(34,35)26-24(32)10-17(11-25(26)33)20-7-5-16(9-22(20)30)27-36-13-18(14-37-27)15-3-1-2-4-15/h5-12,15,18,27H,1-4,13-14H2. The summed E-state index contributed by atoms with van der Waals surface area (Å²) in [6, 6.07) is 6.45. The van der Waals surface area contributed by atoms with Gasteiger partial charge in [-0.05, 0) is 41.8 Å². The van der Waals surface area contributed by atoms with Crippen molar-refractivity contribution >= 4 is 0 Å². The minimum Gasteiger partial charge on any atom is -0.429 e. The predicted molar refractivity (Wildman–Crippen MR) is 123 cm³/mol. The Morgan fingerprint density at radius 1 is 0.684 bits per heavy atom. The SMILES string of the molecule is Fc1ccc(OC(F)(F)c2c(F)cc(-c3ccc(C4OCC(C5CCCC5)CO4)cc3F)cc2F)cc1F. The summed E-state index contributed by atoms with van der Waals surface area (Å²) in [5.41, 5.74) is -1.95. The summed E-state index contributed by atoms with van der Waals surface area (Å²) in [5, 5.41) is 0. The summed E-state index contributed by atoms with van der Waals surface area (Å²) in [4.78, 5) is 0. The molecular weight excluding hydrogens is 517 g/mol. The van der Waals surface area contributed by atoms with Gasteiger partial charge in [-0.3, -0.25) is 0 Å². The summed E-state index contributed by atoms with van der Waals surface area (Å²) < 4.78 is 116. The fraction of sp³-hybridized carbons (Fsp3) is 0.357. The zero-order valence-electron chi connectivity index (χ0n) is 20.0. The fourth-order valence-electron chi connectivity index (χ4n) is 5.07. The molecule has 1 saturated heterocycles. The molecule has 38 heavy (non-hydrogen) atoms. The minimum atomic E-state index is -4.58. The van der Waals surface area contributed by atoms with E-state index in [0.29, 0.717) is 55.0 Å². The Hall–Kier alpha value is -3.11. The number of benzene rings is 3.